The first kappa shape index (κ1) is 29.8. The summed E-state index contributed by atoms with van der Waals surface area (Å²) in [5.41, 5.74) is 8.55. The summed E-state index contributed by atoms with van der Waals surface area (Å²) >= 11 is 0. The Labute approximate surface area is 242 Å². The van der Waals surface area contributed by atoms with Crippen molar-refractivity contribution in [1.82, 2.24) is 4.98 Å². The van der Waals surface area contributed by atoms with E-state index < -0.39 is 6.10 Å². The van der Waals surface area contributed by atoms with Gasteiger partial charge in [0.2, 0.25) is 5.89 Å². The fraction of sp³-hybridized carbons (Fsp3) is 0.625. The topological polar surface area (TPSA) is 126 Å². The van der Waals surface area contributed by atoms with Crippen LogP contribution in [0.1, 0.15) is 83.4 Å². The van der Waals surface area contributed by atoms with Crippen LogP contribution in [-0.4, -0.2) is 58.8 Å². The fourth-order valence-electron chi connectivity index (χ4n) is 6.72. The highest BCUT2D eigenvalue weighted by molar-refractivity contribution is 5.82. The lowest BCUT2D eigenvalue weighted by atomic mass is 9.79. The van der Waals surface area contributed by atoms with Crippen LogP contribution in [0.25, 0.3) is 6.08 Å². The van der Waals surface area contributed by atoms with Crippen molar-refractivity contribution >= 4 is 12.0 Å². The lowest BCUT2D eigenvalue weighted by molar-refractivity contribution is -0.180. The van der Waals surface area contributed by atoms with Gasteiger partial charge in [-0.25, -0.2) is 9.78 Å². The molecule has 3 saturated heterocycles. The van der Waals surface area contributed by atoms with Gasteiger partial charge >= 0.3 is 5.97 Å². The predicted octanol–water partition coefficient (Wildman–Crippen LogP) is 4.93. The fourth-order valence-corrected chi connectivity index (χ4v) is 6.72. The average Bonchev–Trinajstić information content (AvgIpc) is 3.40. The van der Waals surface area contributed by atoms with Gasteiger partial charge in [0.15, 0.2) is 0 Å². The largest absolute Gasteiger partial charge is 0.458 e. The number of fused-ring (bicyclic) bond motifs is 9. The molecule has 0 saturated carbocycles. The van der Waals surface area contributed by atoms with Crippen molar-refractivity contribution in [3.63, 3.8) is 0 Å². The molecule has 9 nitrogen and oxygen atoms in total. The van der Waals surface area contributed by atoms with Gasteiger partial charge in [-0.3, -0.25) is 0 Å². The zero-order valence-electron chi connectivity index (χ0n) is 24.3. The number of carbonyl (C=O) groups is 1. The summed E-state index contributed by atoms with van der Waals surface area (Å²) in [7, 11) is 0. The van der Waals surface area contributed by atoms with Crippen LogP contribution in [0.15, 0.2) is 52.8 Å². The van der Waals surface area contributed by atoms with E-state index in [-0.39, 0.29) is 60.5 Å². The molecular formula is C32H44N2O7. The van der Waals surface area contributed by atoms with Gasteiger partial charge in [0, 0.05) is 30.8 Å². The molecule has 1 aromatic rings. The lowest BCUT2D eigenvalue weighted by Crippen LogP contribution is -2.51. The molecule has 5 rings (SSSR count). The van der Waals surface area contributed by atoms with Crippen molar-refractivity contribution in [2.24, 2.45) is 17.6 Å². The number of aliphatic hydroxyl groups excluding tert-OH is 1. The maximum Gasteiger partial charge on any atom is 0.330 e. The van der Waals surface area contributed by atoms with Crippen LogP contribution in [0.4, 0.5) is 0 Å². The Bertz CT molecular complexity index is 1170. The number of aliphatic hydroxyl groups is 1. The molecule has 0 unspecified atom stereocenters. The summed E-state index contributed by atoms with van der Waals surface area (Å²) in [6.07, 6.45) is 12.6. The molecule has 1 aromatic heterocycles. The first-order valence-electron chi connectivity index (χ1n) is 14.9. The minimum atomic E-state index is -0.494. The van der Waals surface area contributed by atoms with Crippen molar-refractivity contribution in [2.75, 3.05) is 0 Å². The third-order valence-electron chi connectivity index (χ3n) is 8.86. The molecule has 0 aliphatic carbocycles. The van der Waals surface area contributed by atoms with Gasteiger partial charge in [0.25, 0.3) is 0 Å². The van der Waals surface area contributed by atoms with Crippen LogP contribution in [0.5, 0.6) is 0 Å². The maximum absolute atomic E-state index is 13.0. The van der Waals surface area contributed by atoms with E-state index >= 15 is 0 Å². The SMILES string of the molecule is C=C1C[C@@H]2C[C@@H]3C[C@@H](O)C[C@@H](O3)c3coc(n3)/C=C/C[C@H]3O[C@@H](/C(C)=C/N)[C@H](C)[C@@H](OC(=O)/C=C\C[C@@H](C1)O2)[C@H]3C. The van der Waals surface area contributed by atoms with E-state index in [4.69, 9.17) is 29.1 Å². The third-order valence-corrected chi connectivity index (χ3v) is 8.86. The number of rotatable bonds is 1. The summed E-state index contributed by atoms with van der Waals surface area (Å²) in [6.45, 7) is 10.3. The quantitative estimate of drug-likeness (QED) is 0.358. The van der Waals surface area contributed by atoms with Gasteiger partial charge in [-0.1, -0.05) is 38.2 Å². The molecule has 4 aliphatic heterocycles. The molecule has 8 bridgehead atoms. The molecule has 0 aromatic carbocycles. The average molecular weight is 569 g/mol. The molecule has 3 fully saturated rings. The van der Waals surface area contributed by atoms with E-state index in [1.807, 2.05) is 32.1 Å². The third kappa shape index (κ3) is 7.20. The number of hydrogen-bond donors (Lipinski definition) is 2. The standard InChI is InChI=1S/C32H44N2O7/c1-18-11-23-7-5-10-30(36)41-32-20(3)27(40-31(21(32)4)19(2)16-33)8-6-9-29-34-26(17-37-29)28-14-22(35)13-25(39-28)15-24(12-18)38-23/h5-6,9-10,16-17,20-25,27-28,31-32,35H,1,7-8,11-15,33H2,2-4H3/b9-6+,10-5-,19-16+/t20-,21-,22+,23-,24+,25-,27+,28+,31-,32-/m0/s1. The Morgan fingerprint density at radius 3 is 2.61 bits per heavy atom. The van der Waals surface area contributed by atoms with E-state index in [9.17, 15) is 9.90 Å². The molecular weight excluding hydrogens is 524 g/mol. The molecule has 10 atom stereocenters. The Balaban J connectivity index is 1.41. The number of nitrogens with two attached hydrogens (primary N) is 1. The van der Waals surface area contributed by atoms with Crippen molar-refractivity contribution in [3.8, 4) is 0 Å². The minimum Gasteiger partial charge on any atom is -0.458 e. The second-order valence-corrected chi connectivity index (χ2v) is 12.2. The number of nitrogens with zero attached hydrogens (tertiary/aromatic N) is 1. The molecule has 9 heteroatoms. The second kappa shape index (κ2) is 13.1. The van der Waals surface area contributed by atoms with Crippen molar-refractivity contribution in [2.45, 2.75) is 115 Å². The zero-order chi connectivity index (χ0) is 29.1. The van der Waals surface area contributed by atoms with E-state index in [1.54, 1.807) is 12.5 Å². The van der Waals surface area contributed by atoms with Crippen molar-refractivity contribution in [3.05, 3.63) is 60.0 Å². The molecule has 41 heavy (non-hydrogen) atoms. The van der Waals surface area contributed by atoms with Gasteiger partial charge in [0.1, 0.15) is 24.2 Å². The Kier molecular flexibility index (Phi) is 9.49. The molecule has 224 valence electrons. The Morgan fingerprint density at radius 2 is 1.80 bits per heavy atom. The number of ether oxygens (including phenoxy) is 4. The van der Waals surface area contributed by atoms with Crippen LogP contribution in [0.2, 0.25) is 0 Å². The highest BCUT2D eigenvalue weighted by Gasteiger charge is 2.43. The Morgan fingerprint density at radius 1 is 1.02 bits per heavy atom. The monoisotopic (exact) mass is 568 g/mol. The van der Waals surface area contributed by atoms with Crippen LogP contribution in [0.3, 0.4) is 0 Å². The van der Waals surface area contributed by atoms with E-state index in [2.05, 4.69) is 18.5 Å². The molecule has 3 N–H and O–H groups in total. The number of aromatic nitrogens is 1. The van der Waals surface area contributed by atoms with Crippen LogP contribution < -0.4 is 5.73 Å². The van der Waals surface area contributed by atoms with Gasteiger partial charge in [0.05, 0.1) is 36.6 Å². The summed E-state index contributed by atoms with van der Waals surface area (Å²) in [4.78, 5) is 17.6. The zero-order valence-corrected chi connectivity index (χ0v) is 24.3. The maximum atomic E-state index is 13.0. The lowest BCUT2D eigenvalue weighted by Gasteiger charge is -2.44. The van der Waals surface area contributed by atoms with Gasteiger partial charge in [-0.15, -0.1) is 0 Å². The van der Waals surface area contributed by atoms with Crippen LogP contribution in [0, 0.1) is 11.8 Å². The molecule has 5 heterocycles. The smallest absolute Gasteiger partial charge is 0.330 e. The number of carbonyl (C=O) groups excluding carboxylic acids is 1. The van der Waals surface area contributed by atoms with Crippen molar-refractivity contribution < 1.29 is 33.3 Å². The van der Waals surface area contributed by atoms with E-state index in [0.29, 0.717) is 43.7 Å². The molecule has 0 radical (unpaired) electrons. The van der Waals surface area contributed by atoms with Gasteiger partial charge in [-0.05, 0) is 56.9 Å². The summed E-state index contributed by atoms with van der Waals surface area (Å²) < 4.78 is 31.0. The number of oxazole rings is 1. The molecule has 0 spiro atoms. The predicted molar refractivity (Wildman–Crippen MR) is 153 cm³/mol. The number of esters is 1. The molecule has 0 amide bonds. The first-order valence-corrected chi connectivity index (χ1v) is 14.9. The highest BCUT2D eigenvalue weighted by Crippen LogP contribution is 2.38. The van der Waals surface area contributed by atoms with Gasteiger partial charge in [-0.2, -0.15) is 0 Å². The molecule has 4 aliphatic rings. The van der Waals surface area contributed by atoms with Gasteiger partial charge < -0.3 is 34.2 Å². The highest BCUT2D eigenvalue weighted by atomic mass is 16.6. The van der Waals surface area contributed by atoms with Crippen LogP contribution >= 0.6 is 0 Å². The Hall–Kier alpha value is -2.72. The summed E-state index contributed by atoms with van der Waals surface area (Å²) in [5.74, 6) is -0.0416. The second-order valence-electron chi connectivity index (χ2n) is 12.2. The normalized spacial score (nSPS) is 40.6. The number of hydrogen-bond acceptors (Lipinski definition) is 9. The van der Waals surface area contributed by atoms with E-state index in [0.717, 1.165) is 24.0 Å². The minimum absolute atomic E-state index is 0.0529. The van der Waals surface area contributed by atoms with Crippen molar-refractivity contribution in [1.29, 1.82) is 0 Å². The summed E-state index contributed by atoms with van der Waals surface area (Å²) in [5, 5.41) is 10.6. The summed E-state index contributed by atoms with van der Waals surface area (Å²) in [6, 6.07) is 0. The van der Waals surface area contributed by atoms with Crippen LogP contribution in [-0.2, 0) is 23.7 Å². The van der Waals surface area contributed by atoms with E-state index in [1.165, 1.54) is 6.08 Å². The first-order chi connectivity index (χ1) is 19.7.